The predicted octanol–water partition coefficient (Wildman–Crippen LogP) is 3.38. The third-order valence-electron chi connectivity index (χ3n) is 4.29. The quantitative estimate of drug-likeness (QED) is 0.793. The summed E-state index contributed by atoms with van der Waals surface area (Å²) in [6.07, 6.45) is 0. The van der Waals surface area contributed by atoms with Crippen molar-refractivity contribution in [2.24, 2.45) is 5.73 Å². The van der Waals surface area contributed by atoms with Gasteiger partial charge in [0.15, 0.2) is 6.61 Å². The molecule has 0 aliphatic rings. The van der Waals surface area contributed by atoms with Gasteiger partial charge >= 0.3 is 0 Å². The van der Waals surface area contributed by atoms with E-state index >= 15 is 0 Å². The number of carbonyl (C=O) groups is 2. The highest BCUT2D eigenvalue weighted by Crippen LogP contribution is 2.26. The number of para-hydroxylation sites is 1. The van der Waals surface area contributed by atoms with E-state index in [2.05, 4.69) is 0 Å². The first-order valence-corrected chi connectivity index (χ1v) is 8.03. The molecule has 0 saturated heterocycles. The monoisotopic (exact) mass is 336 g/mol. The Kier molecular flexibility index (Phi) is 4.31. The molecule has 2 aromatic carbocycles. The van der Waals surface area contributed by atoms with Crippen LogP contribution >= 0.6 is 0 Å². The van der Waals surface area contributed by atoms with Crippen molar-refractivity contribution in [2.45, 2.75) is 20.8 Å². The van der Waals surface area contributed by atoms with E-state index in [4.69, 9.17) is 10.5 Å². The molecule has 0 fully saturated rings. The fourth-order valence-corrected chi connectivity index (χ4v) is 3.17. The number of amides is 1. The molecule has 128 valence electrons. The van der Waals surface area contributed by atoms with Crippen LogP contribution in [0.15, 0.2) is 42.5 Å². The normalized spacial score (nSPS) is 10.8. The fourth-order valence-electron chi connectivity index (χ4n) is 3.17. The van der Waals surface area contributed by atoms with Crippen LogP contribution in [0.4, 0.5) is 0 Å². The lowest BCUT2D eigenvalue weighted by Gasteiger charge is -2.11. The molecule has 3 rings (SSSR count). The lowest BCUT2D eigenvalue weighted by Crippen LogP contribution is -2.21. The molecule has 1 aromatic heterocycles. The Labute approximate surface area is 146 Å². The first-order chi connectivity index (χ1) is 11.9. The molecule has 0 unspecified atom stereocenters. The number of hydrogen-bond donors (Lipinski definition) is 1. The first kappa shape index (κ1) is 16.8. The van der Waals surface area contributed by atoms with Gasteiger partial charge in [0, 0.05) is 11.1 Å². The minimum atomic E-state index is -0.546. The highest BCUT2D eigenvalue weighted by molar-refractivity contribution is 6.10. The molecule has 25 heavy (non-hydrogen) atoms. The average Bonchev–Trinajstić information content (AvgIpc) is 2.85. The Morgan fingerprint density at radius 1 is 1.08 bits per heavy atom. The smallest absolute Gasteiger partial charge is 0.269 e. The Morgan fingerprint density at radius 3 is 2.48 bits per heavy atom. The lowest BCUT2D eigenvalue weighted by atomic mass is 10.1. The molecule has 0 spiro atoms. The van der Waals surface area contributed by atoms with E-state index in [0.29, 0.717) is 27.9 Å². The van der Waals surface area contributed by atoms with Crippen molar-refractivity contribution in [1.82, 2.24) is 4.57 Å². The van der Waals surface area contributed by atoms with Gasteiger partial charge in [-0.05, 0) is 38.5 Å². The molecule has 0 aliphatic heterocycles. The summed E-state index contributed by atoms with van der Waals surface area (Å²) in [5, 5.41) is 0.673. The van der Waals surface area contributed by atoms with Crippen LogP contribution < -0.4 is 10.5 Å². The molecule has 0 atom stereocenters. The molecule has 2 N–H and O–H groups in total. The zero-order chi connectivity index (χ0) is 18.1. The number of nitrogens with two attached hydrogens (primary N) is 1. The van der Waals surface area contributed by atoms with Gasteiger partial charge < -0.3 is 10.5 Å². The van der Waals surface area contributed by atoms with Gasteiger partial charge in [0.2, 0.25) is 0 Å². The van der Waals surface area contributed by atoms with Crippen LogP contribution in [0.3, 0.4) is 0 Å². The van der Waals surface area contributed by atoms with Gasteiger partial charge in [-0.15, -0.1) is 0 Å². The molecule has 0 bridgehead atoms. The zero-order valence-corrected chi connectivity index (χ0v) is 14.5. The highest BCUT2D eigenvalue weighted by atomic mass is 16.5. The summed E-state index contributed by atoms with van der Waals surface area (Å²) in [5.74, 6) is -0.125. The van der Waals surface area contributed by atoms with Gasteiger partial charge in [-0.3, -0.25) is 14.2 Å². The van der Waals surface area contributed by atoms with Crippen molar-refractivity contribution in [1.29, 1.82) is 0 Å². The maximum Gasteiger partial charge on any atom is 0.269 e. The van der Waals surface area contributed by atoms with Crippen LogP contribution in [-0.2, 0) is 0 Å². The number of primary amides is 1. The molecular formula is C20H20N2O3. The Morgan fingerprint density at radius 2 is 1.80 bits per heavy atom. The molecule has 1 amide bonds. The standard InChI is InChI=1S/C20H20N2O3/c1-12-8-9-17(13(2)10-12)25-11-18(23)22-14(3)19(20(21)24)15-6-4-5-7-16(15)22/h4-10H,11H2,1-3H3,(H2,21,24). The second-order valence-corrected chi connectivity index (χ2v) is 6.13. The van der Waals surface area contributed by atoms with Crippen molar-refractivity contribution in [3.8, 4) is 5.75 Å². The van der Waals surface area contributed by atoms with E-state index in [-0.39, 0.29) is 12.5 Å². The van der Waals surface area contributed by atoms with Crippen molar-refractivity contribution in [3.63, 3.8) is 0 Å². The van der Waals surface area contributed by atoms with Gasteiger partial charge in [0.25, 0.3) is 11.8 Å². The molecule has 5 nitrogen and oxygen atoms in total. The molecule has 0 radical (unpaired) electrons. The molecule has 1 heterocycles. The highest BCUT2D eigenvalue weighted by Gasteiger charge is 2.21. The number of nitrogens with zero attached hydrogens (tertiary/aromatic N) is 1. The van der Waals surface area contributed by atoms with E-state index in [1.807, 2.05) is 44.2 Å². The molecule has 0 aliphatic carbocycles. The fraction of sp³-hybridized carbons (Fsp3) is 0.200. The topological polar surface area (TPSA) is 74.3 Å². The number of fused-ring (bicyclic) bond motifs is 1. The number of benzene rings is 2. The third-order valence-corrected chi connectivity index (χ3v) is 4.29. The minimum absolute atomic E-state index is 0.123. The van der Waals surface area contributed by atoms with E-state index in [0.717, 1.165) is 11.1 Å². The van der Waals surface area contributed by atoms with Crippen LogP contribution in [0.25, 0.3) is 10.9 Å². The SMILES string of the molecule is Cc1ccc(OCC(=O)n2c(C)c(C(N)=O)c3ccccc32)c(C)c1. The van der Waals surface area contributed by atoms with Crippen molar-refractivity contribution >= 4 is 22.7 Å². The number of hydrogen-bond acceptors (Lipinski definition) is 3. The van der Waals surface area contributed by atoms with Crippen LogP contribution in [0, 0.1) is 20.8 Å². The van der Waals surface area contributed by atoms with Gasteiger partial charge in [-0.1, -0.05) is 35.9 Å². The zero-order valence-electron chi connectivity index (χ0n) is 14.5. The van der Waals surface area contributed by atoms with E-state index in [1.54, 1.807) is 19.1 Å². The van der Waals surface area contributed by atoms with Crippen LogP contribution in [0.5, 0.6) is 5.75 Å². The lowest BCUT2D eigenvalue weighted by molar-refractivity contribution is 0.0840. The number of aromatic nitrogens is 1. The summed E-state index contributed by atoms with van der Waals surface area (Å²) in [6.45, 7) is 5.54. The van der Waals surface area contributed by atoms with E-state index < -0.39 is 5.91 Å². The van der Waals surface area contributed by atoms with Crippen LogP contribution in [0.2, 0.25) is 0 Å². The average molecular weight is 336 g/mol. The summed E-state index contributed by atoms with van der Waals surface area (Å²) in [4.78, 5) is 24.5. The van der Waals surface area contributed by atoms with Gasteiger partial charge in [-0.2, -0.15) is 0 Å². The maximum atomic E-state index is 12.8. The van der Waals surface area contributed by atoms with Crippen molar-refractivity contribution < 1.29 is 14.3 Å². The summed E-state index contributed by atoms with van der Waals surface area (Å²) < 4.78 is 7.19. The molecule has 3 aromatic rings. The largest absolute Gasteiger partial charge is 0.483 e. The predicted molar refractivity (Wildman–Crippen MR) is 97.2 cm³/mol. The van der Waals surface area contributed by atoms with Crippen LogP contribution in [-0.4, -0.2) is 23.0 Å². The van der Waals surface area contributed by atoms with E-state index in [9.17, 15) is 9.59 Å². The second kappa shape index (κ2) is 6.43. The summed E-state index contributed by atoms with van der Waals surface area (Å²) in [6, 6.07) is 13.0. The number of carbonyl (C=O) groups excluding carboxylic acids is 2. The van der Waals surface area contributed by atoms with Gasteiger partial charge in [-0.25, -0.2) is 0 Å². The molecular weight excluding hydrogens is 316 g/mol. The van der Waals surface area contributed by atoms with Crippen molar-refractivity contribution in [3.05, 3.63) is 64.8 Å². The van der Waals surface area contributed by atoms with Crippen LogP contribution in [0.1, 0.15) is 32.0 Å². The maximum absolute atomic E-state index is 12.8. The number of ether oxygens (including phenoxy) is 1. The summed E-state index contributed by atoms with van der Waals surface area (Å²) in [7, 11) is 0. The molecule has 0 saturated carbocycles. The van der Waals surface area contributed by atoms with E-state index in [1.165, 1.54) is 4.57 Å². The summed E-state index contributed by atoms with van der Waals surface area (Å²) >= 11 is 0. The van der Waals surface area contributed by atoms with Gasteiger partial charge in [0.05, 0.1) is 11.1 Å². The third kappa shape index (κ3) is 3.01. The Balaban J connectivity index is 1.95. The minimum Gasteiger partial charge on any atom is -0.483 e. The summed E-state index contributed by atoms with van der Waals surface area (Å²) in [5.41, 5.74) is 9.16. The Hall–Kier alpha value is -3.08. The van der Waals surface area contributed by atoms with Crippen molar-refractivity contribution in [2.75, 3.05) is 6.61 Å². The number of aryl methyl sites for hydroxylation is 2. The van der Waals surface area contributed by atoms with Gasteiger partial charge in [0.1, 0.15) is 5.75 Å². The number of rotatable bonds is 4. The Bertz CT molecular complexity index is 986. The second-order valence-electron chi connectivity index (χ2n) is 6.13. The molecule has 5 heteroatoms. The first-order valence-electron chi connectivity index (χ1n) is 8.03.